The summed E-state index contributed by atoms with van der Waals surface area (Å²) in [5.74, 6) is -0.405. The number of carboxylic acids is 1. The molecule has 4 nitrogen and oxygen atoms in total. The molecule has 2 rings (SSSR count). The van der Waals surface area contributed by atoms with Crippen molar-refractivity contribution in [2.45, 2.75) is 39.5 Å². The van der Waals surface area contributed by atoms with E-state index in [1.54, 1.807) is 18.2 Å². The molecular weight excluding hydrogens is 280 g/mol. The van der Waals surface area contributed by atoms with E-state index in [9.17, 15) is 9.59 Å². The van der Waals surface area contributed by atoms with Gasteiger partial charge in [0.05, 0.1) is 11.8 Å². The molecule has 2 aromatic rings. The molecule has 0 bridgehead atoms. The van der Waals surface area contributed by atoms with Crippen LogP contribution < -0.4 is 5.43 Å². The maximum atomic E-state index is 12.3. The molecule has 1 aromatic heterocycles. The van der Waals surface area contributed by atoms with Gasteiger partial charge in [-0.25, -0.2) is 0 Å². The molecule has 0 saturated heterocycles. The zero-order chi connectivity index (χ0) is 16.1. The Bertz CT molecular complexity index is 768. The second-order valence-electron chi connectivity index (χ2n) is 5.23. The van der Waals surface area contributed by atoms with Crippen LogP contribution >= 0.6 is 0 Å². The molecule has 1 heterocycles. The van der Waals surface area contributed by atoms with Crippen molar-refractivity contribution in [2.75, 3.05) is 0 Å². The van der Waals surface area contributed by atoms with Crippen LogP contribution in [-0.4, -0.2) is 11.1 Å². The number of hydrogen-bond acceptors (Lipinski definition) is 3. The Hall–Kier alpha value is -2.36. The number of fused-ring (bicyclic) bond motifs is 1. The Balaban J connectivity index is 2.66. The van der Waals surface area contributed by atoms with Crippen molar-refractivity contribution in [3.63, 3.8) is 0 Å². The monoisotopic (exact) mass is 300 g/mol. The summed E-state index contributed by atoms with van der Waals surface area (Å²) in [6.07, 6.45) is 4.51. The predicted molar refractivity (Wildman–Crippen MR) is 87.0 cm³/mol. The fourth-order valence-electron chi connectivity index (χ4n) is 2.54. The van der Waals surface area contributed by atoms with E-state index in [-0.39, 0.29) is 11.8 Å². The molecule has 22 heavy (non-hydrogen) atoms. The lowest BCUT2D eigenvalue weighted by molar-refractivity contribution is -0.136. The molecule has 0 amide bonds. The Labute approximate surface area is 129 Å². The van der Waals surface area contributed by atoms with E-state index in [4.69, 9.17) is 9.52 Å². The summed E-state index contributed by atoms with van der Waals surface area (Å²) in [6.45, 7) is 4.10. The molecular formula is C18H20O4. The molecule has 0 radical (unpaired) electrons. The van der Waals surface area contributed by atoms with Gasteiger partial charge in [-0.1, -0.05) is 38.5 Å². The van der Waals surface area contributed by atoms with Gasteiger partial charge in [0, 0.05) is 11.6 Å². The molecule has 1 N–H and O–H groups in total. The fourth-order valence-corrected chi connectivity index (χ4v) is 2.54. The molecule has 0 aliphatic rings. The third-order valence-electron chi connectivity index (χ3n) is 3.46. The number of benzene rings is 1. The Kier molecular flexibility index (Phi) is 5.15. The highest BCUT2D eigenvalue weighted by molar-refractivity contribution is 5.84. The Morgan fingerprint density at radius 2 is 2.09 bits per heavy atom. The standard InChI is InChI=1S/C18H20O4/c1-3-6-12(7-4-2)16-11-15(19)14-9-5-8-13(10-17(20)21)18(14)22-16/h5-6,8-9,11H,3-4,7,10H2,1-2H3,(H,20,21). The summed E-state index contributed by atoms with van der Waals surface area (Å²) in [5.41, 5.74) is 1.76. The zero-order valence-electron chi connectivity index (χ0n) is 12.9. The van der Waals surface area contributed by atoms with Gasteiger partial charge < -0.3 is 9.52 Å². The molecule has 0 atom stereocenters. The highest BCUT2D eigenvalue weighted by Crippen LogP contribution is 2.25. The van der Waals surface area contributed by atoms with Gasteiger partial charge in [-0.05, 0) is 24.5 Å². The maximum absolute atomic E-state index is 12.3. The molecule has 116 valence electrons. The summed E-state index contributed by atoms with van der Waals surface area (Å²) in [6, 6.07) is 6.54. The topological polar surface area (TPSA) is 67.5 Å². The lowest BCUT2D eigenvalue weighted by atomic mass is 10.0. The predicted octanol–water partition coefficient (Wildman–Crippen LogP) is 4.01. The first kappa shape index (κ1) is 16.0. The normalized spacial score (nSPS) is 11.8. The van der Waals surface area contributed by atoms with E-state index in [2.05, 4.69) is 6.92 Å². The number of allylic oxidation sites excluding steroid dienone is 2. The van der Waals surface area contributed by atoms with Crippen LogP contribution in [0.3, 0.4) is 0 Å². The van der Waals surface area contributed by atoms with Crippen LogP contribution in [0.2, 0.25) is 0 Å². The first-order chi connectivity index (χ1) is 10.6. The number of para-hydroxylation sites is 1. The first-order valence-corrected chi connectivity index (χ1v) is 7.53. The lowest BCUT2D eigenvalue weighted by Gasteiger charge is -2.09. The van der Waals surface area contributed by atoms with Crippen molar-refractivity contribution in [3.8, 4) is 0 Å². The lowest BCUT2D eigenvalue weighted by Crippen LogP contribution is -2.06. The number of rotatable bonds is 6. The van der Waals surface area contributed by atoms with Crippen molar-refractivity contribution in [2.24, 2.45) is 0 Å². The van der Waals surface area contributed by atoms with Crippen molar-refractivity contribution < 1.29 is 14.3 Å². The summed E-state index contributed by atoms with van der Waals surface area (Å²) >= 11 is 0. The molecule has 0 saturated carbocycles. The molecule has 0 spiro atoms. The smallest absolute Gasteiger partial charge is 0.307 e. The van der Waals surface area contributed by atoms with Gasteiger partial charge in [-0.2, -0.15) is 0 Å². The minimum Gasteiger partial charge on any atom is -0.481 e. The van der Waals surface area contributed by atoms with Crippen molar-refractivity contribution in [1.82, 2.24) is 0 Å². The van der Waals surface area contributed by atoms with E-state index < -0.39 is 5.97 Å². The number of hydrogen-bond donors (Lipinski definition) is 1. The third-order valence-corrected chi connectivity index (χ3v) is 3.46. The number of carboxylic acid groups (broad SMARTS) is 1. The zero-order valence-corrected chi connectivity index (χ0v) is 12.9. The van der Waals surface area contributed by atoms with Gasteiger partial charge in [0.15, 0.2) is 5.43 Å². The van der Waals surface area contributed by atoms with E-state index in [0.29, 0.717) is 22.3 Å². The van der Waals surface area contributed by atoms with E-state index >= 15 is 0 Å². The second kappa shape index (κ2) is 7.07. The van der Waals surface area contributed by atoms with Crippen molar-refractivity contribution in [1.29, 1.82) is 0 Å². The molecule has 0 aliphatic carbocycles. The highest BCUT2D eigenvalue weighted by atomic mass is 16.4. The van der Waals surface area contributed by atoms with Crippen LogP contribution in [-0.2, 0) is 11.2 Å². The van der Waals surface area contributed by atoms with Crippen molar-refractivity contribution >= 4 is 22.5 Å². The second-order valence-corrected chi connectivity index (χ2v) is 5.23. The Morgan fingerprint density at radius 1 is 1.32 bits per heavy atom. The van der Waals surface area contributed by atoms with Crippen LogP contribution in [0.5, 0.6) is 0 Å². The van der Waals surface area contributed by atoms with Gasteiger partial charge in [-0.3, -0.25) is 9.59 Å². The quantitative estimate of drug-likeness (QED) is 0.875. The van der Waals surface area contributed by atoms with E-state index in [1.807, 2.05) is 13.0 Å². The SMILES string of the molecule is CCC=C(CCC)c1cc(=O)c2cccc(CC(=O)O)c2o1. The first-order valence-electron chi connectivity index (χ1n) is 7.53. The van der Waals surface area contributed by atoms with Crippen molar-refractivity contribution in [3.05, 3.63) is 51.9 Å². The minimum atomic E-state index is -0.946. The van der Waals surface area contributed by atoms with E-state index in [0.717, 1.165) is 24.8 Å². The molecule has 0 unspecified atom stereocenters. The van der Waals surface area contributed by atoms with Gasteiger partial charge in [0.25, 0.3) is 0 Å². The summed E-state index contributed by atoms with van der Waals surface area (Å²) in [5, 5.41) is 9.44. The number of carbonyl (C=O) groups is 1. The highest BCUT2D eigenvalue weighted by Gasteiger charge is 2.13. The summed E-state index contributed by atoms with van der Waals surface area (Å²) < 4.78 is 5.91. The number of aliphatic carboxylic acids is 1. The average molecular weight is 300 g/mol. The molecule has 0 aliphatic heterocycles. The summed E-state index contributed by atoms with van der Waals surface area (Å²) in [7, 11) is 0. The maximum Gasteiger partial charge on any atom is 0.307 e. The van der Waals surface area contributed by atoms with Crippen LogP contribution in [0.4, 0.5) is 0 Å². The van der Waals surface area contributed by atoms with E-state index in [1.165, 1.54) is 6.07 Å². The van der Waals surface area contributed by atoms with Crippen LogP contribution in [0, 0.1) is 0 Å². The van der Waals surface area contributed by atoms with Gasteiger partial charge in [0.1, 0.15) is 11.3 Å². The molecule has 4 heteroatoms. The van der Waals surface area contributed by atoms with Crippen LogP contribution in [0.1, 0.15) is 44.4 Å². The summed E-state index contributed by atoms with van der Waals surface area (Å²) in [4.78, 5) is 23.3. The third kappa shape index (κ3) is 3.45. The average Bonchev–Trinajstić information content (AvgIpc) is 2.47. The van der Waals surface area contributed by atoms with Crippen LogP contribution in [0.15, 0.2) is 39.6 Å². The minimum absolute atomic E-state index is 0.137. The largest absolute Gasteiger partial charge is 0.481 e. The van der Waals surface area contributed by atoms with Crippen LogP contribution in [0.25, 0.3) is 16.5 Å². The van der Waals surface area contributed by atoms with Gasteiger partial charge in [-0.15, -0.1) is 0 Å². The fraction of sp³-hybridized carbons (Fsp3) is 0.333. The van der Waals surface area contributed by atoms with Gasteiger partial charge in [0.2, 0.25) is 0 Å². The van der Waals surface area contributed by atoms with Gasteiger partial charge >= 0.3 is 5.97 Å². The Morgan fingerprint density at radius 3 is 2.73 bits per heavy atom. The molecule has 0 fully saturated rings. The molecule has 1 aromatic carbocycles.